The zero-order chi connectivity index (χ0) is 12.8. The molecule has 100 valence electrons. The second-order valence-corrected chi connectivity index (χ2v) is 4.55. The highest BCUT2D eigenvalue weighted by atomic mass is 16.6. The molecule has 0 bridgehead atoms. The SMILES string of the molecule is O=[N+]([O-])c1ccc(CNCCCOCC2CC2)o1. The van der Waals surface area contributed by atoms with E-state index >= 15 is 0 Å². The lowest BCUT2D eigenvalue weighted by atomic mass is 10.4. The van der Waals surface area contributed by atoms with Gasteiger partial charge >= 0.3 is 5.88 Å². The van der Waals surface area contributed by atoms with Crippen LogP contribution in [0, 0.1) is 16.0 Å². The fourth-order valence-corrected chi connectivity index (χ4v) is 1.61. The minimum absolute atomic E-state index is 0.209. The Kier molecular flexibility index (Phi) is 4.72. The number of ether oxygens (including phenoxy) is 1. The highest BCUT2D eigenvalue weighted by Crippen LogP contribution is 2.28. The Hall–Kier alpha value is -1.40. The molecule has 0 spiro atoms. The normalized spacial score (nSPS) is 14.9. The first-order chi connectivity index (χ1) is 8.75. The number of nitrogens with zero attached hydrogens (tertiary/aromatic N) is 1. The van der Waals surface area contributed by atoms with Crippen LogP contribution in [0.25, 0.3) is 0 Å². The second-order valence-electron chi connectivity index (χ2n) is 4.55. The molecular formula is C12H18N2O4. The van der Waals surface area contributed by atoms with Gasteiger partial charge in [0.1, 0.15) is 10.7 Å². The van der Waals surface area contributed by atoms with Crippen LogP contribution >= 0.6 is 0 Å². The molecule has 1 aliphatic rings. The summed E-state index contributed by atoms with van der Waals surface area (Å²) < 4.78 is 10.5. The van der Waals surface area contributed by atoms with Gasteiger partial charge in [-0.2, -0.15) is 0 Å². The maximum absolute atomic E-state index is 10.4. The van der Waals surface area contributed by atoms with Crippen molar-refractivity contribution < 1.29 is 14.1 Å². The molecule has 1 heterocycles. The third-order valence-electron chi connectivity index (χ3n) is 2.82. The third-order valence-corrected chi connectivity index (χ3v) is 2.82. The van der Waals surface area contributed by atoms with Crippen LogP contribution in [-0.4, -0.2) is 24.7 Å². The van der Waals surface area contributed by atoms with Gasteiger partial charge in [-0.3, -0.25) is 10.1 Å². The first-order valence-corrected chi connectivity index (χ1v) is 6.27. The van der Waals surface area contributed by atoms with Crippen molar-refractivity contribution in [1.82, 2.24) is 5.32 Å². The van der Waals surface area contributed by atoms with Crippen molar-refractivity contribution in [2.75, 3.05) is 19.8 Å². The van der Waals surface area contributed by atoms with Gasteiger partial charge in [0.25, 0.3) is 0 Å². The van der Waals surface area contributed by atoms with Gasteiger partial charge in [0.15, 0.2) is 0 Å². The highest BCUT2D eigenvalue weighted by Gasteiger charge is 2.20. The maximum Gasteiger partial charge on any atom is 0.433 e. The van der Waals surface area contributed by atoms with Crippen LogP contribution in [0.15, 0.2) is 16.5 Å². The first kappa shape index (κ1) is 13.0. The Balaban J connectivity index is 1.49. The summed E-state index contributed by atoms with van der Waals surface area (Å²) in [7, 11) is 0. The van der Waals surface area contributed by atoms with E-state index in [0.29, 0.717) is 12.3 Å². The lowest BCUT2D eigenvalue weighted by molar-refractivity contribution is -0.402. The minimum atomic E-state index is -0.533. The van der Waals surface area contributed by atoms with Crippen LogP contribution in [0.5, 0.6) is 0 Å². The van der Waals surface area contributed by atoms with E-state index in [9.17, 15) is 10.1 Å². The summed E-state index contributed by atoms with van der Waals surface area (Å²) in [5.41, 5.74) is 0. The molecule has 0 saturated heterocycles. The second kappa shape index (κ2) is 6.51. The molecule has 1 aromatic rings. The molecule has 1 saturated carbocycles. The van der Waals surface area contributed by atoms with Crippen molar-refractivity contribution in [3.63, 3.8) is 0 Å². The molecule has 0 radical (unpaired) electrons. The van der Waals surface area contributed by atoms with Crippen molar-refractivity contribution >= 4 is 5.88 Å². The van der Waals surface area contributed by atoms with Gasteiger partial charge in [0.2, 0.25) is 0 Å². The predicted molar refractivity (Wildman–Crippen MR) is 65.2 cm³/mol. The average Bonchev–Trinajstić information content (AvgIpc) is 3.04. The molecule has 1 aliphatic carbocycles. The third kappa shape index (κ3) is 4.46. The monoisotopic (exact) mass is 254 g/mol. The zero-order valence-corrected chi connectivity index (χ0v) is 10.3. The van der Waals surface area contributed by atoms with Gasteiger partial charge in [-0.15, -0.1) is 0 Å². The molecule has 1 fully saturated rings. The van der Waals surface area contributed by atoms with Gasteiger partial charge in [-0.25, -0.2) is 0 Å². The number of hydrogen-bond acceptors (Lipinski definition) is 5. The van der Waals surface area contributed by atoms with Crippen molar-refractivity contribution in [2.45, 2.75) is 25.8 Å². The van der Waals surface area contributed by atoms with Crippen molar-refractivity contribution in [3.05, 3.63) is 28.0 Å². The molecule has 18 heavy (non-hydrogen) atoms. The summed E-state index contributed by atoms with van der Waals surface area (Å²) in [6.07, 6.45) is 3.57. The Morgan fingerprint density at radius 3 is 3.00 bits per heavy atom. The predicted octanol–water partition coefficient (Wildman–Crippen LogP) is 2.09. The van der Waals surface area contributed by atoms with E-state index in [1.54, 1.807) is 6.07 Å². The molecule has 0 amide bonds. The quantitative estimate of drug-likeness (QED) is 0.415. The van der Waals surface area contributed by atoms with Gasteiger partial charge in [-0.05, 0) is 37.8 Å². The lowest BCUT2D eigenvalue weighted by Gasteiger charge is -2.03. The van der Waals surface area contributed by atoms with Crippen molar-refractivity contribution in [2.24, 2.45) is 5.92 Å². The van der Waals surface area contributed by atoms with E-state index < -0.39 is 4.92 Å². The Labute approximate surface area is 105 Å². The number of furan rings is 1. The van der Waals surface area contributed by atoms with Gasteiger partial charge in [-0.1, -0.05) is 0 Å². The summed E-state index contributed by atoms with van der Waals surface area (Å²) in [5.74, 6) is 1.18. The van der Waals surface area contributed by atoms with Crippen LogP contribution in [0.3, 0.4) is 0 Å². The van der Waals surface area contributed by atoms with Crippen LogP contribution in [0.1, 0.15) is 25.0 Å². The van der Waals surface area contributed by atoms with Crippen LogP contribution in [0.4, 0.5) is 5.88 Å². The van der Waals surface area contributed by atoms with E-state index in [4.69, 9.17) is 9.15 Å². The number of nitro groups is 1. The van der Waals surface area contributed by atoms with E-state index in [0.717, 1.165) is 32.1 Å². The summed E-state index contributed by atoms with van der Waals surface area (Å²) in [5, 5.41) is 13.6. The molecule has 6 heteroatoms. The lowest BCUT2D eigenvalue weighted by Crippen LogP contribution is -2.16. The summed E-state index contributed by atoms with van der Waals surface area (Å²) in [4.78, 5) is 9.86. The van der Waals surface area contributed by atoms with Gasteiger partial charge in [0, 0.05) is 13.2 Å². The standard InChI is InChI=1S/C12H18N2O4/c15-14(16)12-5-4-11(18-12)8-13-6-1-7-17-9-10-2-3-10/h4-5,10,13H,1-3,6-9H2. The average molecular weight is 254 g/mol. The van der Waals surface area contributed by atoms with Gasteiger partial charge in [0.05, 0.1) is 12.6 Å². The smallest absolute Gasteiger partial charge is 0.404 e. The Morgan fingerprint density at radius 1 is 1.50 bits per heavy atom. The molecule has 2 rings (SSSR count). The molecule has 0 aromatic carbocycles. The van der Waals surface area contributed by atoms with Gasteiger partial charge < -0.3 is 14.5 Å². The fourth-order valence-electron chi connectivity index (χ4n) is 1.61. The molecular weight excluding hydrogens is 236 g/mol. The first-order valence-electron chi connectivity index (χ1n) is 6.27. The van der Waals surface area contributed by atoms with E-state index in [-0.39, 0.29) is 5.88 Å². The van der Waals surface area contributed by atoms with Crippen LogP contribution < -0.4 is 5.32 Å². The molecule has 1 N–H and O–H groups in total. The maximum atomic E-state index is 10.4. The zero-order valence-electron chi connectivity index (χ0n) is 10.3. The molecule has 0 aliphatic heterocycles. The Morgan fingerprint density at radius 2 is 2.33 bits per heavy atom. The highest BCUT2D eigenvalue weighted by molar-refractivity contribution is 5.17. The summed E-state index contributed by atoms with van der Waals surface area (Å²) >= 11 is 0. The number of nitrogens with one attached hydrogen (secondary N) is 1. The fraction of sp³-hybridized carbons (Fsp3) is 0.667. The largest absolute Gasteiger partial charge is 0.433 e. The molecule has 0 unspecified atom stereocenters. The van der Waals surface area contributed by atoms with E-state index in [2.05, 4.69) is 5.32 Å². The van der Waals surface area contributed by atoms with E-state index in [1.807, 2.05) is 0 Å². The van der Waals surface area contributed by atoms with Crippen LogP contribution in [0.2, 0.25) is 0 Å². The minimum Gasteiger partial charge on any atom is -0.404 e. The topological polar surface area (TPSA) is 77.5 Å². The molecule has 0 atom stereocenters. The van der Waals surface area contributed by atoms with Crippen LogP contribution in [-0.2, 0) is 11.3 Å². The van der Waals surface area contributed by atoms with Crippen molar-refractivity contribution in [1.29, 1.82) is 0 Å². The number of hydrogen-bond donors (Lipinski definition) is 1. The molecule has 1 aromatic heterocycles. The summed E-state index contributed by atoms with van der Waals surface area (Å²) in [6.45, 7) is 2.99. The molecule has 6 nitrogen and oxygen atoms in total. The number of rotatable bonds is 9. The Bertz CT molecular complexity index is 387. The van der Waals surface area contributed by atoms with Crippen molar-refractivity contribution in [3.8, 4) is 0 Å². The van der Waals surface area contributed by atoms with E-state index in [1.165, 1.54) is 18.9 Å². The summed E-state index contributed by atoms with van der Waals surface area (Å²) in [6, 6.07) is 2.99.